The maximum Gasteiger partial charge on any atom is 0.278 e. The summed E-state index contributed by atoms with van der Waals surface area (Å²) in [4.78, 5) is 32.8. The second-order valence-electron chi connectivity index (χ2n) is 6.59. The van der Waals surface area contributed by atoms with E-state index in [1.165, 1.54) is 30.5 Å². The highest BCUT2D eigenvalue weighted by molar-refractivity contribution is 7.89. The lowest BCUT2D eigenvalue weighted by molar-refractivity contribution is 0.0980. The van der Waals surface area contributed by atoms with Crippen molar-refractivity contribution in [2.24, 2.45) is 0 Å². The molecule has 0 bridgehead atoms. The Morgan fingerprint density at radius 1 is 0.967 bits per heavy atom. The molecule has 0 aliphatic rings. The minimum absolute atomic E-state index is 0.0208. The van der Waals surface area contributed by atoms with E-state index in [9.17, 15) is 18.0 Å². The predicted octanol–water partition coefficient (Wildman–Crippen LogP) is 1.98. The predicted molar refractivity (Wildman–Crippen MR) is 113 cm³/mol. The highest BCUT2D eigenvalue weighted by atomic mass is 32.2. The lowest BCUT2D eigenvalue weighted by Crippen LogP contribution is -2.29. The minimum Gasteiger partial charge on any atom is -0.382 e. The molecule has 0 fully saturated rings. The van der Waals surface area contributed by atoms with Crippen LogP contribution in [-0.4, -0.2) is 36.5 Å². The van der Waals surface area contributed by atoms with Gasteiger partial charge in [-0.15, -0.1) is 0 Å². The molecule has 1 heterocycles. The van der Waals surface area contributed by atoms with E-state index in [0.717, 1.165) is 17.4 Å². The van der Waals surface area contributed by atoms with Gasteiger partial charge in [-0.3, -0.25) is 9.59 Å². The van der Waals surface area contributed by atoms with Crippen molar-refractivity contribution >= 4 is 33.3 Å². The number of aromatic nitrogens is 2. The molecule has 2 amide bonds. The van der Waals surface area contributed by atoms with Gasteiger partial charge < -0.3 is 11.1 Å². The smallest absolute Gasteiger partial charge is 0.278 e. The Kier molecular flexibility index (Phi) is 5.79. The molecule has 3 rings (SSSR count). The third-order valence-corrected chi connectivity index (χ3v) is 4.60. The first-order chi connectivity index (χ1) is 14.1. The summed E-state index contributed by atoms with van der Waals surface area (Å²) < 4.78 is 24.2. The molecule has 0 atom stereocenters. The van der Waals surface area contributed by atoms with Crippen LogP contribution in [0.3, 0.4) is 0 Å². The van der Waals surface area contributed by atoms with Crippen LogP contribution < -0.4 is 15.8 Å². The number of amides is 2. The van der Waals surface area contributed by atoms with Crippen LogP contribution in [-0.2, 0) is 10.0 Å². The van der Waals surface area contributed by atoms with E-state index < -0.39 is 21.8 Å². The van der Waals surface area contributed by atoms with Crippen LogP contribution in [0.1, 0.15) is 26.4 Å². The molecular formula is C20H19N5O4S. The van der Waals surface area contributed by atoms with Gasteiger partial charge in [0.15, 0.2) is 11.5 Å². The molecule has 10 heteroatoms. The zero-order chi connectivity index (χ0) is 21.9. The first-order valence-corrected chi connectivity index (χ1v) is 10.6. The van der Waals surface area contributed by atoms with Crippen molar-refractivity contribution in [2.45, 2.75) is 6.92 Å². The van der Waals surface area contributed by atoms with Crippen LogP contribution in [0.4, 0.5) is 11.5 Å². The first-order valence-electron chi connectivity index (χ1n) is 8.75. The highest BCUT2D eigenvalue weighted by Gasteiger charge is 2.16. The molecule has 4 N–H and O–H groups in total. The van der Waals surface area contributed by atoms with Gasteiger partial charge in [-0.1, -0.05) is 29.8 Å². The van der Waals surface area contributed by atoms with E-state index in [1.807, 2.05) is 35.9 Å². The molecule has 2 aromatic carbocycles. The van der Waals surface area contributed by atoms with E-state index in [0.29, 0.717) is 11.4 Å². The van der Waals surface area contributed by atoms with Crippen LogP contribution in [0.25, 0.3) is 11.3 Å². The van der Waals surface area contributed by atoms with Gasteiger partial charge in [0.1, 0.15) is 0 Å². The van der Waals surface area contributed by atoms with Crippen LogP contribution in [0, 0.1) is 6.92 Å². The number of hydrogen-bond acceptors (Lipinski definition) is 7. The molecule has 1 aromatic heterocycles. The average Bonchev–Trinajstić information content (AvgIpc) is 2.68. The topological polar surface area (TPSA) is 144 Å². The summed E-state index contributed by atoms with van der Waals surface area (Å²) in [5.74, 6) is -1.36. The van der Waals surface area contributed by atoms with Crippen LogP contribution in [0.15, 0.2) is 54.7 Å². The van der Waals surface area contributed by atoms with Gasteiger partial charge in [0.25, 0.3) is 11.8 Å². The van der Waals surface area contributed by atoms with Crippen molar-refractivity contribution in [1.29, 1.82) is 0 Å². The molecule has 0 aliphatic carbocycles. The summed E-state index contributed by atoms with van der Waals surface area (Å²) in [5.41, 5.74) is 8.67. The molecule has 154 valence electrons. The monoisotopic (exact) mass is 425 g/mol. The normalized spacial score (nSPS) is 11.0. The average molecular weight is 425 g/mol. The summed E-state index contributed by atoms with van der Waals surface area (Å²) in [6.45, 7) is 1.97. The van der Waals surface area contributed by atoms with Crippen molar-refractivity contribution < 1.29 is 18.0 Å². The van der Waals surface area contributed by atoms with E-state index in [2.05, 4.69) is 15.3 Å². The number of carbonyl (C=O) groups is 2. The number of nitrogens with one attached hydrogen (secondary N) is 2. The van der Waals surface area contributed by atoms with Crippen LogP contribution in [0.5, 0.6) is 0 Å². The number of sulfonamides is 1. The van der Waals surface area contributed by atoms with Gasteiger partial charge in [-0.2, -0.15) is 0 Å². The standard InChI is InChI=1S/C20H19N5O4S/c1-12-3-5-13(6-4-12)16-11-22-18(21)17(24-16)20(27)23-15-9-7-14(8-10-15)19(26)25-30(2,28)29/h3-11H,1-2H3,(H2,21,22)(H,23,27)(H,25,26). The summed E-state index contributed by atoms with van der Waals surface area (Å²) in [7, 11) is -3.67. The molecule has 0 spiro atoms. The molecule has 0 radical (unpaired) electrons. The van der Waals surface area contributed by atoms with Gasteiger partial charge >= 0.3 is 0 Å². The van der Waals surface area contributed by atoms with Crippen molar-refractivity contribution in [1.82, 2.24) is 14.7 Å². The lowest BCUT2D eigenvalue weighted by atomic mass is 10.1. The Labute approximate surface area is 173 Å². The van der Waals surface area contributed by atoms with E-state index in [-0.39, 0.29) is 17.1 Å². The van der Waals surface area contributed by atoms with Gasteiger partial charge in [0, 0.05) is 16.8 Å². The molecule has 0 unspecified atom stereocenters. The zero-order valence-corrected chi connectivity index (χ0v) is 17.0. The van der Waals surface area contributed by atoms with Crippen LogP contribution in [0.2, 0.25) is 0 Å². The van der Waals surface area contributed by atoms with E-state index in [4.69, 9.17) is 5.73 Å². The Balaban J connectivity index is 1.78. The Hall–Kier alpha value is -3.79. The quantitative estimate of drug-likeness (QED) is 0.567. The number of nitrogens with zero attached hydrogens (tertiary/aromatic N) is 2. The number of nitrogen functional groups attached to an aromatic ring is 1. The summed E-state index contributed by atoms with van der Waals surface area (Å²) in [5, 5.41) is 2.63. The SMILES string of the molecule is Cc1ccc(-c2cnc(N)c(C(=O)Nc3ccc(C(=O)NS(C)(=O)=O)cc3)n2)cc1. The number of benzene rings is 2. The molecule has 0 saturated heterocycles. The van der Waals surface area contributed by atoms with Crippen molar-refractivity contribution in [3.63, 3.8) is 0 Å². The highest BCUT2D eigenvalue weighted by Crippen LogP contribution is 2.20. The fraction of sp³-hybridized carbons (Fsp3) is 0.100. The molecule has 0 aliphatic heterocycles. The lowest BCUT2D eigenvalue weighted by Gasteiger charge is -2.09. The van der Waals surface area contributed by atoms with Crippen LogP contribution >= 0.6 is 0 Å². The first kappa shape index (κ1) is 20.9. The Morgan fingerprint density at radius 3 is 2.20 bits per heavy atom. The minimum atomic E-state index is -3.67. The Morgan fingerprint density at radius 2 is 1.60 bits per heavy atom. The second kappa shape index (κ2) is 8.29. The largest absolute Gasteiger partial charge is 0.382 e. The number of hydrogen-bond donors (Lipinski definition) is 3. The number of rotatable bonds is 5. The maximum absolute atomic E-state index is 12.6. The number of nitrogens with two attached hydrogens (primary N) is 1. The van der Waals surface area contributed by atoms with Gasteiger partial charge in [-0.25, -0.2) is 23.1 Å². The number of anilines is 2. The third-order valence-electron chi connectivity index (χ3n) is 4.05. The Bertz CT molecular complexity index is 1210. The van der Waals surface area contributed by atoms with Crippen molar-refractivity contribution in [2.75, 3.05) is 17.3 Å². The van der Waals surface area contributed by atoms with Gasteiger partial charge in [-0.05, 0) is 31.2 Å². The van der Waals surface area contributed by atoms with E-state index >= 15 is 0 Å². The number of carbonyl (C=O) groups excluding carboxylic acids is 2. The number of aryl methyl sites for hydroxylation is 1. The molecule has 30 heavy (non-hydrogen) atoms. The molecule has 0 saturated carbocycles. The third kappa shape index (κ3) is 5.17. The van der Waals surface area contributed by atoms with Gasteiger partial charge in [0.2, 0.25) is 10.0 Å². The summed E-state index contributed by atoms with van der Waals surface area (Å²) in [6, 6.07) is 13.3. The van der Waals surface area contributed by atoms with Crippen molar-refractivity contribution in [3.05, 3.63) is 71.5 Å². The summed E-state index contributed by atoms with van der Waals surface area (Å²) >= 11 is 0. The summed E-state index contributed by atoms with van der Waals surface area (Å²) in [6.07, 6.45) is 2.38. The molecular weight excluding hydrogens is 406 g/mol. The van der Waals surface area contributed by atoms with Gasteiger partial charge in [0.05, 0.1) is 18.1 Å². The zero-order valence-electron chi connectivity index (χ0n) is 16.2. The molecule has 9 nitrogen and oxygen atoms in total. The van der Waals surface area contributed by atoms with E-state index in [1.54, 1.807) is 0 Å². The maximum atomic E-state index is 12.6. The fourth-order valence-corrected chi connectivity index (χ4v) is 3.01. The molecule has 3 aromatic rings. The second-order valence-corrected chi connectivity index (χ2v) is 8.34. The fourth-order valence-electron chi connectivity index (χ4n) is 2.55. The van der Waals surface area contributed by atoms with Crippen molar-refractivity contribution in [3.8, 4) is 11.3 Å².